The zero-order chi connectivity index (χ0) is 13.4. The molecule has 2 aliphatic rings. The Labute approximate surface area is 120 Å². The lowest BCUT2D eigenvalue weighted by atomic mass is 9.85. The number of aromatic nitrogens is 1. The summed E-state index contributed by atoms with van der Waals surface area (Å²) in [5.74, 6) is 0.933. The van der Waals surface area contributed by atoms with Crippen LogP contribution in [-0.2, 0) is 0 Å². The van der Waals surface area contributed by atoms with Crippen molar-refractivity contribution in [3.63, 3.8) is 0 Å². The molecule has 1 saturated heterocycles. The maximum atomic E-state index is 4.86. The predicted molar refractivity (Wildman–Crippen MR) is 82.0 cm³/mol. The van der Waals surface area contributed by atoms with Crippen molar-refractivity contribution in [2.24, 2.45) is 5.92 Å². The standard InChI is InChI=1S/C15H25N3S/c1-10(16-3)14-11(2)17-15(19-14)18-9-8-12-6-4-5-7-13(12)18/h10,12-13,16H,4-9H2,1-3H3. The van der Waals surface area contributed by atoms with Crippen LogP contribution in [0, 0.1) is 12.8 Å². The molecule has 1 N–H and O–H groups in total. The maximum absolute atomic E-state index is 4.86. The molecule has 0 aromatic carbocycles. The topological polar surface area (TPSA) is 28.2 Å². The van der Waals surface area contributed by atoms with Crippen LogP contribution in [0.15, 0.2) is 0 Å². The third-order valence-electron chi connectivity index (χ3n) is 4.90. The minimum absolute atomic E-state index is 0.413. The Morgan fingerprint density at radius 1 is 1.32 bits per heavy atom. The van der Waals surface area contributed by atoms with Crippen molar-refractivity contribution in [1.82, 2.24) is 10.3 Å². The van der Waals surface area contributed by atoms with Gasteiger partial charge in [0, 0.05) is 23.5 Å². The minimum atomic E-state index is 0.413. The summed E-state index contributed by atoms with van der Waals surface area (Å²) in [4.78, 5) is 8.86. The van der Waals surface area contributed by atoms with Crippen molar-refractivity contribution in [3.05, 3.63) is 10.6 Å². The predicted octanol–water partition coefficient (Wildman–Crippen LogP) is 3.50. The zero-order valence-corrected chi connectivity index (χ0v) is 13.1. The van der Waals surface area contributed by atoms with E-state index in [9.17, 15) is 0 Å². The van der Waals surface area contributed by atoms with Gasteiger partial charge in [0.25, 0.3) is 0 Å². The van der Waals surface area contributed by atoms with E-state index in [1.54, 1.807) is 0 Å². The molecule has 0 bridgehead atoms. The van der Waals surface area contributed by atoms with Gasteiger partial charge in [-0.3, -0.25) is 0 Å². The number of fused-ring (bicyclic) bond motifs is 1. The second kappa shape index (κ2) is 5.41. The van der Waals surface area contributed by atoms with Crippen LogP contribution in [0.1, 0.15) is 55.6 Å². The molecule has 0 spiro atoms. The first-order chi connectivity index (χ1) is 9.20. The number of hydrogen-bond donors (Lipinski definition) is 1. The number of anilines is 1. The molecule has 19 heavy (non-hydrogen) atoms. The van der Waals surface area contributed by atoms with Crippen molar-refractivity contribution in [2.75, 3.05) is 18.5 Å². The average Bonchev–Trinajstić information content (AvgIpc) is 3.01. The van der Waals surface area contributed by atoms with Crippen LogP contribution in [0.25, 0.3) is 0 Å². The zero-order valence-electron chi connectivity index (χ0n) is 12.3. The van der Waals surface area contributed by atoms with Crippen LogP contribution in [0.2, 0.25) is 0 Å². The molecule has 2 heterocycles. The van der Waals surface area contributed by atoms with Gasteiger partial charge in [-0.25, -0.2) is 4.98 Å². The van der Waals surface area contributed by atoms with Crippen LogP contribution >= 0.6 is 11.3 Å². The highest BCUT2D eigenvalue weighted by atomic mass is 32.1. The Bertz CT molecular complexity index is 443. The number of nitrogens with one attached hydrogen (secondary N) is 1. The van der Waals surface area contributed by atoms with Crippen molar-refractivity contribution in [1.29, 1.82) is 0 Å². The summed E-state index contributed by atoms with van der Waals surface area (Å²) in [7, 11) is 2.02. The summed E-state index contributed by atoms with van der Waals surface area (Å²) >= 11 is 1.90. The first kappa shape index (κ1) is 13.4. The van der Waals surface area contributed by atoms with Crippen molar-refractivity contribution < 1.29 is 0 Å². The van der Waals surface area contributed by atoms with E-state index in [1.807, 2.05) is 18.4 Å². The molecular weight excluding hydrogens is 254 g/mol. The van der Waals surface area contributed by atoms with Crippen molar-refractivity contribution in [3.8, 4) is 0 Å². The quantitative estimate of drug-likeness (QED) is 0.918. The summed E-state index contributed by atoms with van der Waals surface area (Å²) in [5.41, 5.74) is 1.21. The molecule has 0 amide bonds. The fourth-order valence-corrected chi connectivity index (χ4v) is 4.90. The summed E-state index contributed by atoms with van der Waals surface area (Å²) in [5, 5.41) is 4.60. The van der Waals surface area contributed by atoms with Crippen molar-refractivity contribution in [2.45, 2.75) is 58.0 Å². The molecule has 4 heteroatoms. The normalized spacial score (nSPS) is 28.5. The van der Waals surface area contributed by atoms with Gasteiger partial charge < -0.3 is 10.2 Å². The maximum Gasteiger partial charge on any atom is 0.186 e. The summed E-state index contributed by atoms with van der Waals surface area (Å²) < 4.78 is 0. The van der Waals surface area contributed by atoms with E-state index in [4.69, 9.17) is 4.98 Å². The summed E-state index contributed by atoms with van der Waals surface area (Å²) in [6.45, 7) is 5.59. The van der Waals surface area contributed by atoms with Crippen molar-refractivity contribution >= 4 is 16.5 Å². The lowest BCUT2D eigenvalue weighted by Gasteiger charge is -2.31. The Kier molecular flexibility index (Phi) is 3.81. The molecule has 3 rings (SSSR count). The Morgan fingerprint density at radius 2 is 2.11 bits per heavy atom. The van der Waals surface area contributed by atoms with Gasteiger partial charge in [0.2, 0.25) is 0 Å². The van der Waals surface area contributed by atoms with Crippen LogP contribution < -0.4 is 10.2 Å². The third-order valence-corrected chi connectivity index (χ3v) is 6.28. The van der Waals surface area contributed by atoms with Crippen LogP contribution in [0.4, 0.5) is 5.13 Å². The number of thiazole rings is 1. The van der Waals surface area contributed by atoms with Crippen LogP contribution in [-0.4, -0.2) is 24.6 Å². The highest BCUT2D eigenvalue weighted by Gasteiger charge is 2.37. The largest absolute Gasteiger partial charge is 0.345 e. The number of hydrogen-bond acceptors (Lipinski definition) is 4. The molecule has 1 saturated carbocycles. The molecule has 3 atom stereocenters. The van der Waals surface area contributed by atoms with Crippen LogP contribution in [0.5, 0.6) is 0 Å². The minimum Gasteiger partial charge on any atom is -0.345 e. The molecule has 1 aromatic heterocycles. The average molecular weight is 279 g/mol. The van der Waals surface area contributed by atoms with Gasteiger partial charge in [-0.05, 0) is 46.1 Å². The Morgan fingerprint density at radius 3 is 2.89 bits per heavy atom. The van der Waals surface area contributed by atoms with Gasteiger partial charge in [0.1, 0.15) is 0 Å². The molecule has 1 aliphatic carbocycles. The first-order valence-electron chi connectivity index (χ1n) is 7.62. The second-order valence-electron chi connectivity index (χ2n) is 6.05. The highest BCUT2D eigenvalue weighted by Crippen LogP contribution is 2.41. The van der Waals surface area contributed by atoms with E-state index in [0.29, 0.717) is 6.04 Å². The summed E-state index contributed by atoms with van der Waals surface area (Å²) in [6.07, 6.45) is 7.03. The molecular formula is C15H25N3S. The second-order valence-corrected chi connectivity index (χ2v) is 7.06. The van der Waals surface area contributed by atoms with E-state index in [2.05, 4.69) is 24.1 Å². The number of rotatable bonds is 3. The van der Waals surface area contributed by atoms with Gasteiger partial charge in [-0.2, -0.15) is 0 Å². The van der Waals surface area contributed by atoms with Gasteiger partial charge in [0.15, 0.2) is 5.13 Å². The molecule has 0 radical (unpaired) electrons. The smallest absolute Gasteiger partial charge is 0.186 e. The fourth-order valence-electron chi connectivity index (χ4n) is 3.69. The van der Waals surface area contributed by atoms with Gasteiger partial charge >= 0.3 is 0 Å². The van der Waals surface area contributed by atoms with E-state index >= 15 is 0 Å². The van der Waals surface area contributed by atoms with Crippen LogP contribution in [0.3, 0.4) is 0 Å². The Hall–Kier alpha value is -0.610. The summed E-state index contributed by atoms with van der Waals surface area (Å²) in [6, 6.07) is 1.19. The molecule has 1 aliphatic heterocycles. The SMILES string of the molecule is CNC(C)c1sc(N2CCC3CCCCC32)nc1C. The molecule has 3 unspecified atom stereocenters. The Balaban J connectivity index is 1.82. The number of aryl methyl sites for hydroxylation is 1. The first-order valence-corrected chi connectivity index (χ1v) is 8.43. The lowest BCUT2D eigenvalue weighted by Crippen LogP contribution is -2.34. The van der Waals surface area contributed by atoms with Gasteiger partial charge in [0.05, 0.1) is 5.69 Å². The van der Waals surface area contributed by atoms with E-state index in [1.165, 1.54) is 54.4 Å². The van der Waals surface area contributed by atoms with Gasteiger partial charge in [-0.1, -0.05) is 12.8 Å². The van der Waals surface area contributed by atoms with E-state index < -0.39 is 0 Å². The number of nitrogens with zero attached hydrogens (tertiary/aromatic N) is 2. The molecule has 106 valence electrons. The third kappa shape index (κ3) is 2.40. The molecule has 1 aromatic rings. The lowest BCUT2D eigenvalue weighted by molar-refractivity contribution is 0.342. The fraction of sp³-hybridized carbons (Fsp3) is 0.800. The van der Waals surface area contributed by atoms with Gasteiger partial charge in [-0.15, -0.1) is 11.3 Å². The van der Waals surface area contributed by atoms with E-state index in [-0.39, 0.29) is 0 Å². The highest BCUT2D eigenvalue weighted by molar-refractivity contribution is 7.15. The van der Waals surface area contributed by atoms with E-state index in [0.717, 1.165) is 12.0 Å². The molecule has 2 fully saturated rings. The molecule has 3 nitrogen and oxygen atoms in total. The monoisotopic (exact) mass is 279 g/mol.